The summed E-state index contributed by atoms with van der Waals surface area (Å²) in [4.78, 5) is 50.7. The summed E-state index contributed by atoms with van der Waals surface area (Å²) in [6, 6.07) is 15.3. The van der Waals surface area contributed by atoms with E-state index in [1.54, 1.807) is 54.7 Å². The first-order valence-corrected chi connectivity index (χ1v) is 22.3. The molecule has 8 aromatic rings. The van der Waals surface area contributed by atoms with Gasteiger partial charge in [0.15, 0.2) is 16.4 Å². The molecule has 0 amide bonds. The monoisotopic (exact) mass is 891 g/mol. The molecule has 0 saturated carbocycles. The lowest BCUT2D eigenvalue weighted by molar-refractivity contribution is 0.596. The molecule has 0 unspecified atom stereocenters. The SMILES string of the molecule is C.CCS(=O)(=O)c1nc2ncn(-c3c(C)cc(C)cc3C)c(=O)c2s1.Cc1cc(C)c(-n2cnc3nc(Nc4ccncc4)sc3c2=O)c(C)c1.Nc1ccncc1.[B][B]B([B])[B]. The van der Waals surface area contributed by atoms with Gasteiger partial charge in [0.1, 0.15) is 22.1 Å². The second kappa shape index (κ2) is 22.0. The van der Waals surface area contributed by atoms with Crippen LogP contribution in [-0.4, -0.2) is 89.9 Å². The highest BCUT2D eigenvalue weighted by Gasteiger charge is 2.21. The Hall–Kier alpha value is -5.85. The Bertz CT molecular complexity index is 3010. The summed E-state index contributed by atoms with van der Waals surface area (Å²) >= 11 is 2.19. The maximum absolute atomic E-state index is 13.0. The number of nitrogen functional groups attached to an aromatic ring is 1. The van der Waals surface area contributed by atoms with Crippen LogP contribution in [0.2, 0.25) is 0 Å². The number of pyridine rings is 2. The number of nitrogens with zero attached hydrogens (tertiary/aromatic N) is 8. The number of sulfone groups is 1. The van der Waals surface area contributed by atoms with Gasteiger partial charge in [0.25, 0.3) is 11.1 Å². The molecule has 0 bridgehead atoms. The van der Waals surface area contributed by atoms with Gasteiger partial charge in [-0.05, 0) is 88.1 Å². The van der Waals surface area contributed by atoms with E-state index in [4.69, 9.17) is 28.9 Å². The van der Waals surface area contributed by atoms with E-state index in [1.807, 2.05) is 65.8 Å². The number of aromatic nitrogens is 8. The molecule has 8 rings (SSSR count). The number of fused-ring (bicyclic) bond motifs is 2. The van der Waals surface area contributed by atoms with Crippen molar-refractivity contribution in [2.24, 2.45) is 0 Å². The van der Waals surface area contributed by atoms with Crippen LogP contribution < -0.4 is 22.2 Å². The van der Waals surface area contributed by atoms with Gasteiger partial charge in [0, 0.05) is 72.8 Å². The predicted octanol–water partition coefficient (Wildman–Crippen LogP) is 5.86. The zero-order valence-electron chi connectivity index (χ0n) is 35.2. The van der Waals surface area contributed by atoms with Crippen molar-refractivity contribution in [2.45, 2.75) is 60.2 Å². The minimum Gasteiger partial charge on any atom is -0.399 e. The summed E-state index contributed by atoms with van der Waals surface area (Å²) in [7, 11) is 12.3. The Morgan fingerprint density at radius 2 is 1.14 bits per heavy atom. The largest absolute Gasteiger partial charge is 0.399 e. The first-order chi connectivity index (χ1) is 29.4. The van der Waals surface area contributed by atoms with Gasteiger partial charge in [-0.2, -0.15) is 4.98 Å². The average Bonchev–Trinajstić information content (AvgIpc) is 3.86. The van der Waals surface area contributed by atoms with Gasteiger partial charge in [0.05, 0.1) is 17.1 Å². The van der Waals surface area contributed by atoms with E-state index in [2.05, 4.69) is 47.4 Å². The fraction of sp³-hybridized carbons (Fsp3) is 0.220. The number of anilines is 3. The molecule has 0 aliphatic carbocycles. The standard InChI is InChI=1S/C19H17N5OS.C16H17N3O3S2.C5H6N2.CH4.B5/c1-11-8-12(2)15(13(3)9-11)24-10-21-17-16(18(24)25)26-19(23-17)22-14-4-6-20-7-5-14;1-5-24(21,22)16-18-14-13(23-16)15(20)19(8-17-14)12-10(3)6-9(2)7-11(12)4;6-5-1-3-7-4-2-5;;1-4-5(2)3/h4-10H,1-3H3,(H,20,22,23);6-8H,5H2,1-4H3;1-4H,(H2,6,7);1H4;. The van der Waals surface area contributed by atoms with E-state index in [1.165, 1.54) is 34.9 Å². The molecule has 2 aromatic carbocycles. The van der Waals surface area contributed by atoms with Crippen LogP contribution in [0.5, 0.6) is 0 Å². The summed E-state index contributed by atoms with van der Waals surface area (Å²) in [5.74, 6) is -0.0583. The van der Waals surface area contributed by atoms with Crippen LogP contribution in [-0.2, 0) is 9.84 Å². The molecular weight excluding hydrogens is 847 g/mol. The number of aryl methyl sites for hydroxylation is 6. The first-order valence-electron chi connectivity index (χ1n) is 19.0. The Morgan fingerprint density at radius 1 is 0.730 bits per heavy atom. The van der Waals surface area contributed by atoms with Crippen molar-refractivity contribution >= 4 is 106 Å². The number of nitrogens with two attached hydrogens (primary N) is 1. The fourth-order valence-corrected chi connectivity index (χ4v) is 9.40. The molecule has 0 spiro atoms. The molecule has 315 valence electrons. The number of rotatable bonds is 7. The smallest absolute Gasteiger partial charge is 0.277 e. The van der Waals surface area contributed by atoms with E-state index in [-0.39, 0.29) is 39.0 Å². The molecule has 22 heteroatoms. The Balaban J connectivity index is 0.000000217. The lowest BCUT2D eigenvalue weighted by Gasteiger charge is -2.13. The van der Waals surface area contributed by atoms with E-state index in [9.17, 15) is 18.0 Å². The van der Waals surface area contributed by atoms with Crippen LogP contribution in [0.3, 0.4) is 0 Å². The second-order valence-electron chi connectivity index (χ2n) is 14.0. The normalized spacial score (nSPS) is 10.6. The van der Waals surface area contributed by atoms with E-state index < -0.39 is 16.2 Å². The quantitative estimate of drug-likeness (QED) is 0.181. The predicted molar refractivity (Wildman–Crippen MR) is 264 cm³/mol. The number of hydrogen-bond acceptors (Lipinski definition) is 14. The maximum Gasteiger partial charge on any atom is 0.277 e. The van der Waals surface area contributed by atoms with E-state index in [0.29, 0.717) is 15.5 Å². The van der Waals surface area contributed by atoms with Crippen LogP contribution in [0.4, 0.5) is 16.5 Å². The van der Waals surface area contributed by atoms with Crippen molar-refractivity contribution < 1.29 is 8.42 Å². The van der Waals surface area contributed by atoms with Gasteiger partial charge in [-0.1, -0.05) is 72.4 Å². The molecule has 0 fully saturated rings. The fourth-order valence-electron chi connectivity index (χ4n) is 6.26. The number of thiazole rings is 2. The molecule has 63 heavy (non-hydrogen) atoms. The van der Waals surface area contributed by atoms with Crippen LogP contribution in [0.1, 0.15) is 47.7 Å². The van der Waals surface area contributed by atoms with Crippen molar-refractivity contribution in [3.05, 3.63) is 140 Å². The minimum absolute atomic E-state index is 0. The van der Waals surface area contributed by atoms with E-state index >= 15 is 0 Å². The third-order valence-electron chi connectivity index (χ3n) is 8.87. The van der Waals surface area contributed by atoms with Gasteiger partial charge in [-0.15, -0.1) is 0 Å². The Labute approximate surface area is 380 Å². The molecule has 0 aliphatic rings. The van der Waals surface area contributed by atoms with Crippen molar-refractivity contribution in [1.29, 1.82) is 0 Å². The molecule has 14 nitrogen and oxygen atoms in total. The molecule has 0 saturated heterocycles. The lowest BCUT2D eigenvalue weighted by atomic mass is 8.97. The second-order valence-corrected chi connectivity index (χ2v) is 18.4. The van der Waals surface area contributed by atoms with Crippen LogP contribution in [0.25, 0.3) is 32.1 Å². The van der Waals surface area contributed by atoms with Gasteiger partial charge in [-0.3, -0.25) is 28.7 Å². The van der Waals surface area contributed by atoms with Crippen LogP contribution in [0, 0.1) is 41.5 Å². The molecule has 3 N–H and O–H groups in total. The molecule has 7 radical (unpaired) electrons. The molecular formula is C41H44B5N10O4S3. The van der Waals surface area contributed by atoms with Crippen molar-refractivity contribution in [2.75, 3.05) is 16.8 Å². The van der Waals surface area contributed by atoms with Crippen molar-refractivity contribution in [3.8, 4) is 11.4 Å². The van der Waals surface area contributed by atoms with E-state index in [0.717, 1.165) is 61.9 Å². The Kier molecular flexibility index (Phi) is 17.4. The Morgan fingerprint density at radius 3 is 1.54 bits per heavy atom. The molecule has 6 aromatic heterocycles. The minimum atomic E-state index is -3.46. The summed E-state index contributed by atoms with van der Waals surface area (Å²) in [5.41, 5.74) is 15.1. The lowest BCUT2D eigenvalue weighted by Crippen LogP contribution is -2.23. The summed E-state index contributed by atoms with van der Waals surface area (Å²) in [6.07, 6.45) is 9.23. The molecule has 6 heterocycles. The zero-order valence-corrected chi connectivity index (χ0v) is 37.6. The number of hydrogen-bond donors (Lipinski definition) is 2. The van der Waals surface area contributed by atoms with Gasteiger partial charge in [-0.25, -0.2) is 23.4 Å². The van der Waals surface area contributed by atoms with Crippen LogP contribution in [0.15, 0.2) is 99.9 Å². The highest BCUT2D eigenvalue weighted by atomic mass is 32.2. The maximum atomic E-state index is 13.0. The summed E-state index contributed by atoms with van der Waals surface area (Å²) in [5, 5.41) is 3.82. The van der Waals surface area contributed by atoms with Crippen molar-refractivity contribution in [3.63, 3.8) is 0 Å². The number of benzene rings is 2. The van der Waals surface area contributed by atoms with Gasteiger partial charge >= 0.3 is 0 Å². The molecule has 0 atom stereocenters. The summed E-state index contributed by atoms with van der Waals surface area (Å²) in [6.45, 7) is 13.5. The third kappa shape index (κ3) is 12.4. The summed E-state index contributed by atoms with van der Waals surface area (Å²) < 4.78 is 27.8. The van der Waals surface area contributed by atoms with Gasteiger partial charge in [0.2, 0.25) is 14.2 Å². The van der Waals surface area contributed by atoms with Gasteiger partial charge < -0.3 is 11.1 Å². The topological polar surface area (TPSA) is 194 Å². The van der Waals surface area contributed by atoms with Crippen molar-refractivity contribution in [1.82, 2.24) is 39.0 Å². The molecule has 0 aliphatic heterocycles. The average molecular weight is 891 g/mol. The highest BCUT2D eigenvalue weighted by Crippen LogP contribution is 2.27. The third-order valence-corrected chi connectivity index (χ3v) is 13.0. The first kappa shape index (κ1) is 49.8. The van der Waals surface area contributed by atoms with Crippen LogP contribution >= 0.6 is 22.7 Å². The zero-order chi connectivity index (χ0) is 45.3. The number of nitrogens with one attached hydrogen (secondary N) is 1. The highest BCUT2D eigenvalue weighted by molar-refractivity contribution is 7.93.